The van der Waals surface area contributed by atoms with Crippen LogP contribution in [0.25, 0.3) is 0 Å². The van der Waals surface area contributed by atoms with Crippen LogP contribution in [0.4, 0.5) is 24.5 Å². The minimum absolute atomic E-state index is 0.117. The molecule has 6 heteroatoms. The van der Waals surface area contributed by atoms with Crippen molar-refractivity contribution >= 4 is 11.4 Å². The van der Waals surface area contributed by atoms with Crippen molar-refractivity contribution in [1.82, 2.24) is 0 Å². The van der Waals surface area contributed by atoms with Crippen molar-refractivity contribution in [3.63, 3.8) is 0 Å². The second kappa shape index (κ2) is 5.91. The van der Waals surface area contributed by atoms with Gasteiger partial charge in [0.25, 0.3) is 0 Å². The Morgan fingerprint density at radius 3 is 2.75 bits per heavy atom. The van der Waals surface area contributed by atoms with Crippen molar-refractivity contribution in [2.45, 2.75) is 32.0 Å². The smallest absolute Gasteiger partial charge is 0.397 e. The van der Waals surface area contributed by atoms with E-state index in [1.165, 1.54) is 6.07 Å². The molecule has 2 unspecified atom stereocenters. The van der Waals surface area contributed by atoms with E-state index in [9.17, 15) is 13.2 Å². The summed E-state index contributed by atoms with van der Waals surface area (Å²) in [6, 6.07) is 3.39. The molecule has 0 spiro atoms. The first-order chi connectivity index (χ1) is 9.41. The van der Waals surface area contributed by atoms with Crippen molar-refractivity contribution in [2.75, 3.05) is 24.2 Å². The van der Waals surface area contributed by atoms with Gasteiger partial charge in [0.15, 0.2) is 0 Å². The van der Waals surface area contributed by atoms with Crippen LogP contribution in [-0.2, 0) is 10.9 Å². The number of ether oxygens (including phenoxy) is 1. The normalized spacial score (nSPS) is 23.0. The molecule has 1 aromatic carbocycles. The lowest BCUT2D eigenvalue weighted by Crippen LogP contribution is -2.23. The maximum Gasteiger partial charge on any atom is 0.416 e. The molecule has 2 atom stereocenters. The molecule has 1 fully saturated rings. The van der Waals surface area contributed by atoms with Crippen molar-refractivity contribution in [3.8, 4) is 0 Å². The Balaban J connectivity index is 2.00. The van der Waals surface area contributed by atoms with Gasteiger partial charge in [-0.05, 0) is 31.0 Å². The molecule has 1 aromatic rings. The molecule has 3 N–H and O–H groups in total. The number of benzene rings is 1. The van der Waals surface area contributed by atoms with Crippen molar-refractivity contribution in [3.05, 3.63) is 23.8 Å². The summed E-state index contributed by atoms with van der Waals surface area (Å²) in [6.45, 7) is 3.47. The van der Waals surface area contributed by atoms with Gasteiger partial charge in [0.1, 0.15) is 0 Å². The van der Waals surface area contributed by atoms with E-state index in [1.807, 2.05) is 0 Å². The second-order valence-electron chi connectivity index (χ2n) is 5.05. The number of hydrogen-bond acceptors (Lipinski definition) is 3. The van der Waals surface area contributed by atoms with Gasteiger partial charge in [-0.25, -0.2) is 0 Å². The molecular weight excluding hydrogens is 269 g/mol. The number of alkyl halides is 3. The van der Waals surface area contributed by atoms with Gasteiger partial charge in [-0.15, -0.1) is 0 Å². The SMILES string of the molecule is CCC1OCCC1CNc1ccc(C(F)(F)F)cc1N. The molecule has 3 nitrogen and oxygen atoms in total. The van der Waals surface area contributed by atoms with Crippen LogP contribution in [0.3, 0.4) is 0 Å². The van der Waals surface area contributed by atoms with Gasteiger partial charge in [0, 0.05) is 19.1 Å². The van der Waals surface area contributed by atoms with Crippen molar-refractivity contribution in [2.24, 2.45) is 5.92 Å². The highest BCUT2D eigenvalue weighted by Crippen LogP contribution is 2.33. The molecule has 1 aliphatic heterocycles. The first kappa shape index (κ1) is 15.0. The van der Waals surface area contributed by atoms with Crippen LogP contribution in [-0.4, -0.2) is 19.3 Å². The summed E-state index contributed by atoms with van der Waals surface area (Å²) >= 11 is 0. The number of nitrogen functional groups attached to an aromatic ring is 1. The topological polar surface area (TPSA) is 47.3 Å². The predicted molar refractivity (Wildman–Crippen MR) is 72.5 cm³/mol. The number of hydrogen-bond donors (Lipinski definition) is 2. The monoisotopic (exact) mass is 288 g/mol. The summed E-state index contributed by atoms with van der Waals surface area (Å²) in [7, 11) is 0. The molecule has 0 aliphatic carbocycles. The van der Waals surface area contributed by atoms with E-state index in [2.05, 4.69) is 12.2 Å². The summed E-state index contributed by atoms with van der Waals surface area (Å²) < 4.78 is 43.2. The highest BCUT2D eigenvalue weighted by Gasteiger charge is 2.31. The third-order valence-electron chi connectivity index (χ3n) is 3.68. The van der Waals surface area contributed by atoms with Gasteiger partial charge in [-0.1, -0.05) is 6.92 Å². The van der Waals surface area contributed by atoms with E-state index >= 15 is 0 Å². The maximum absolute atomic E-state index is 12.5. The third-order valence-corrected chi connectivity index (χ3v) is 3.68. The molecule has 0 amide bonds. The molecule has 112 valence electrons. The summed E-state index contributed by atoms with van der Waals surface area (Å²) in [5.74, 6) is 0.377. The van der Waals surface area contributed by atoms with Crippen LogP contribution in [0.2, 0.25) is 0 Å². The number of halogens is 3. The molecule has 1 aliphatic rings. The lowest BCUT2D eigenvalue weighted by molar-refractivity contribution is -0.137. The Hall–Kier alpha value is -1.43. The average molecular weight is 288 g/mol. The zero-order chi connectivity index (χ0) is 14.8. The van der Waals surface area contributed by atoms with Crippen LogP contribution in [0, 0.1) is 5.92 Å². The first-order valence-electron chi connectivity index (χ1n) is 6.74. The summed E-state index contributed by atoms with van der Waals surface area (Å²) in [6.07, 6.45) is -2.24. The van der Waals surface area contributed by atoms with Crippen LogP contribution >= 0.6 is 0 Å². The number of nitrogens with two attached hydrogens (primary N) is 1. The van der Waals surface area contributed by atoms with E-state index in [1.54, 1.807) is 0 Å². The third kappa shape index (κ3) is 3.36. The fourth-order valence-electron chi connectivity index (χ4n) is 2.52. The van der Waals surface area contributed by atoms with Crippen LogP contribution in [0.5, 0.6) is 0 Å². The summed E-state index contributed by atoms with van der Waals surface area (Å²) in [5.41, 5.74) is 5.61. The lowest BCUT2D eigenvalue weighted by atomic mass is 9.99. The zero-order valence-electron chi connectivity index (χ0n) is 11.3. The molecule has 0 saturated carbocycles. The predicted octanol–water partition coefficient (Wildman–Crippen LogP) is 3.51. The van der Waals surface area contributed by atoms with Gasteiger partial charge >= 0.3 is 6.18 Å². The van der Waals surface area contributed by atoms with E-state index in [-0.39, 0.29) is 11.8 Å². The van der Waals surface area contributed by atoms with E-state index in [0.717, 1.165) is 31.6 Å². The molecule has 0 radical (unpaired) electrons. The minimum atomic E-state index is -4.36. The Morgan fingerprint density at radius 1 is 1.40 bits per heavy atom. The Bertz CT molecular complexity index is 462. The van der Waals surface area contributed by atoms with Gasteiger partial charge in [0.05, 0.1) is 23.0 Å². The number of nitrogens with one attached hydrogen (secondary N) is 1. The Morgan fingerprint density at radius 2 is 2.15 bits per heavy atom. The molecule has 0 bridgehead atoms. The van der Waals surface area contributed by atoms with Crippen LogP contribution < -0.4 is 11.1 Å². The van der Waals surface area contributed by atoms with Crippen molar-refractivity contribution < 1.29 is 17.9 Å². The van der Waals surface area contributed by atoms with E-state index in [4.69, 9.17) is 10.5 Å². The highest BCUT2D eigenvalue weighted by atomic mass is 19.4. The molecule has 0 aromatic heterocycles. The zero-order valence-corrected chi connectivity index (χ0v) is 11.3. The summed E-state index contributed by atoms with van der Waals surface area (Å²) in [5, 5.41) is 3.13. The van der Waals surface area contributed by atoms with Gasteiger partial charge in [-0.2, -0.15) is 13.2 Å². The minimum Gasteiger partial charge on any atom is -0.397 e. The van der Waals surface area contributed by atoms with E-state index < -0.39 is 11.7 Å². The average Bonchev–Trinajstić information content (AvgIpc) is 2.83. The van der Waals surface area contributed by atoms with Crippen LogP contribution in [0.15, 0.2) is 18.2 Å². The Kier molecular flexibility index (Phi) is 4.42. The molecular formula is C14H19F3N2O. The Labute approximate surface area is 116 Å². The fraction of sp³-hybridized carbons (Fsp3) is 0.571. The standard InChI is InChI=1S/C14H19F3N2O/c1-2-13-9(5-6-20-13)8-19-12-4-3-10(7-11(12)18)14(15,16)17/h3-4,7,9,13,19H,2,5-6,8,18H2,1H3. The van der Waals surface area contributed by atoms with Gasteiger partial charge in [-0.3, -0.25) is 0 Å². The van der Waals surface area contributed by atoms with E-state index in [0.29, 0.717) is 18.2 Å². The largest absolute Gasteiger partial charge is 0.416 e. The van der Waals surface area contributed by atoms with Gasteiger partial charge < -0.3 is 15.8 Å². The summed E-state index contributed by atoms with van der Waals surface area (Å²) in [4.78, 5) is 0. The lowest BCUT2D eigenvalue weighted by Gasteiger charge is -2.19. The fourth-order valence-corrected chi connectivity index (χ4v) is 2.52. The van der Waals surface area contributed by atoms with Gasteiger partial charge in [0.2, 0.25) is 0 Å². The highest BCUT2D eigenvalue weighted by molar-refractivity contribution is 5.67. The van der Waals surface area contributed by atoms with Crippen molar-refractivity contribution in [1.29, 1.82) is 0 Å². The molecule has 2 rings (SSSR count). The number of rotatable bonds is 4. The second-order valence-corrected chi connectivity index (χ2v) is 5.05. The molecule has 1 saturated heterocycles. The first-order valence-corrected chi connectivity index (χ1v) is 6.74. The molecule has 20 heavy (non-hydrogen) atoms. The van der Waals surface area contributed by atoms with Crippen LogP contribution in [0.1, 0.15) is 25.3 Å². The quantitative estimate of drug-likeness (QED) is 0.833. The maximum atomic E-state index is 12.5. The number of anilines is 2. The molecule has 1 heterocycles.